The third kappa shape index (κ3) is 3.53. The Kier molecular flexibility index (Phi) is 5.19. The van der Waals surface area contributed by atoms with Crippen LogP contribution in [-0.4, -0.2) is 17.5 Å². The summed E-state index contributed by atoms with van der Waals surface area (Å²) in [7, 11) is 12.0. The third-order valence-electron chi connectivity index (χ3n) is 3.08. The molecule has 0 bridgehead atoms. The molecule has 0 amide bonds. The first-order valence-electron chi connectivity index (χ1n) is 6.02. The van der Waals surface area contributed by atoms with Gasteiger partial charge < -0.3 is 0 Å². The number of aryl methyl sites for hydroxylation is 1. The van der Waals surface area contributed by atoms with Crippen LogP contribution in [0.1, 0.15) is 24.1 Å². The van der Waals surface area contributed by atoms with Crippen LogP contribution in [0.3, 0.4) is 0 Å². The molecule has 1 radical (unpaired) electrons. The molecule has 0 aliphatic heterocycles. The maximum atomic E-state index is 6.06. The van der Waals surface area contributed by atoms with E-state index in [0.717, 1.165) is 10.9 Å². The van der Waals surface area contributed by atoms with E-state index in [1.165, 1.54) is 21.9 Å². The second kappa shape index (κ2) is 6.46. The van der Waals surface area contributed by atoms with Crippen LogP contribution in [0.5, 0.6) is 0 Å². The molecule has 0 saturated carbocycles. The Bertz CT molecular complexity index is 540. The average Bonchev–Trinajstić information content (AvgIpc) is 2.35. The van der Waals surface area contributed by atoms with Crippen LogP contribution < -0.4 is 5.73 Å². The van der Waals surface area contributed by atoms with Gasteiger partial charge in [0, 0.05) is 0 Å². The van der Waals surface area contributed by atoms with Crippen molar-refractivity contribution in [1.29, 1.82) is 0 Å². The second-order valence-electron chi connectivity index (χ2n) is 4.53. The van der Waals surface area contributed by atoms with Gasteiger partial charge in [-0.25, -0.2) is 0 Å². The predicted molar refractivity (Wildman–Crippen MR) is 82.5 cm³/mol. The number of hydrogen-bond donors (Lipinski definition) is 1. The fourth-order valence-electron chi connectivity index (χ4n) is 2.17. The van der Waals surface area contributed by atoms with Crippen LogP contribution in [0.25, 0.3) is 10.8 Å². The summed E-state index contributed by atoms with van der Waals surface area (Å²) in [5, 5.41) is 2.50. The van der Waals surface area contributed by atoms with Crippen molar-refractivity contribution >= 4 is 46.1 Å². The van der Waals surface area contributed by atoms with E-state index in [-0.39, 0.29) is 6.04 Å². The van der Waals surface area contributed by atoms with Gasteiger partial charge in [-0.1, -0.05) is 0 Å². The standard InChI is InChI=1S/C14H16N.2ClH.Sn/c1-3-11-8-12-6-4-5-7-13(12)9-14(11)10(2)15;;;/h4-10H,1,3,15H2,2H3;2*1H;/q;;;+2/p-2. The molecule has 0 aliphatic rings. The molecule has 2 aromatic carbocycles. The van der Waals surface area contributed by atoms with Crippen molar-refractivity contribution in [1.82, 2.24) is 0 Å². The molecule has 1 atom stereocenters. The first kappa shape index (κ1) is 14.4. The first-order chi connectivity index (χ1) is 8.58. The predicted octanol–water partition coefficient (Wildman–Crippen LogP) is 4.37. The summed E-state index contributed by atoms with van der Waals surface area (Å²) in [5.41, 5.74) is 8.57. The molecule has 0 spiro atoms. The molecule has 1 nitrogen and oxygen atoms in total. The van der Waals surface area contributed by atoms with Gasteiger partial charge in [-0.2, -0.15) is 0 Å². The van der Waals surface area contributed by atoms with Gasteiger partial charge in [0.2, 0.25) is 0 Å². The van der Waals surface area contributed by atoms with Crippen molar-refractivity contribution in [2.45, 2.75) is 23.8 Å². The summed E-state index contributed by atoms with van der Waals surface area (Å²) in [6, 6.07) is 12.8. The van der Waals surface area contributed by atoms with E-state index in [1.807, 2.05) is 6.92 Å². The molecule has 2 rings (SSSR count). The number of benzene rings is 2. The molecule has 0 fully saturated rings. The van der Waals surface area contributed by atoms with Crippen molar-refractivity contribution in [3.05, 3.63) is 47.5 Å². The van der Waals surface area contributed by atoms with E-state index in [9.17, 15) is 0 Å². The van der Waals surface area contributed by atoms with Crippen molar-refractivity contribution in [3.63, 3.8) is 0 Å². The van der Waals surface area contributed by atoms with E-state index in [2.05, 4.69) is 36.4 Å². The van der Waals surface area contributed by atoms with Crippen molar-refractivity contribution in [3.8, 4) is 0 Å². The average molecular weight is 388 g/mol. The van der Waals surface area contributed by atoms with Crippen LogP contribution >= 0.6 is 17.8 Å². The molecule has 4 heteroatoms. The van der Waals surface area contributed by atoms with Gasteiger partial charge in [0.1, 0.15) is 0 Å². The van der Waals surface area contributed by atoms with Gasteiger partial charge in [-0.15, -0.1) is 0 Å². The van der Waals surface area contributed by atoms with Gasteiger partial charge in [0.05, 0.1) is 0 Å². The van der Waals surface area contributed by atoms with Crippen molar-refractivity contribution in [2.75, 3.05) is 0 Å². The molecule has 2 N–H and O–H groups in total. The fraction of sp³-hybridized carbons (Fsp3) is 0.286. The van der Waals surface area contributed by atoms with Crippen LogP contribution in [0.2, 0.25) is 4.44 Å². The second-order valence-corrected chi connectivity index (χ2v) is 15.3. The Morgan fingerprint density at radius 2 is 1.78 bits per heavy atom. The normalized spacial score (nSPS) is 13.2. The zero-order valence-electron chi connectivity index (χ0n) is 10.3. The fourth-order valence-corrected chi connectivity index (χ4v) is 4.75. The van der Waals surface area contributed by atoms with Gasteiger partial charge in [0.15, 0.2) is 0 Å². The summed E-state index contributed by atoms with van der Waals surface area (Å²) >= 11 is -2.06. The maximum absolute atomic E-state index is 6.06. The molecule has 0 aromatic heterocycles. The van der Waals surface area contributed by atoms with Gasteiger partial charge in [0.25, 0.3) is 0 Å². The van der Waals surface area contributed by atoms with Gasteiger partial charge >= 0.3 is 123 Å². The zero-order chi connectivity index (χ0) is 13.1. The molecule has 0 heterocycles. The number of hydrogen-bond acceptors (Lipinski definition) is 1. The number of halogens is 2. The third-order valence-corrected chi connectivity index (χ3v) is 7.41. The van der Waals surface area contributed by atoms with Crippen LogP contribution in [0.4, 0.5) is 0 Å². The number of rotatable bonds is 4. The van der Waals surface area contributed by atoms with E-state index in [0.29, 0.717) is 0 Å². The minimum absolute atomic E-state index is 0.0438. The Balaban J connectivity index is 2.44. The van der Waals surface area contributed by atoms with Crippen LogP contribution in [-0.2, 0) is 6.42 Å². The van der Waals surface area contributed by atoms with Gasteiger partial charge in [-0.3, -0.25) is 0 Å². The Morgan fingerprint density at radius 3 is 2.33 bits per heavy atom. The molecule has 1 unspecified atom stereocenters. The molecular weight excluding hydrogens is 372 g/mol. The summed E-state index contributed by atoms with van der Waals surface area (Å²) in [6.45, 7) is 2.02. The molecule has 0 aliphatic carbocycles. The van der Waals surface area contributed by atoms with Crippen LogP contribution in [0, 0.1) is 0 Å². The summed E-state index contributed by atoms with van der Waals surface area (Å²) in [6.07, 6.45) is 0.948. The summed E-state index contributed by atoms with van der Waals surface area (Å²) in [5.74, 6) is 0. The van der Waals surface area contributed by atoms with E-state index in [1.54, 1.807) is 0 Å². The topological polar surface area (TPSA) is 26.0 Å². The molecule has 2 aromatic rings. The first-order valence-corrected chi connectivity index (χ1v) is 15.3. The quantitative estimate of drug-likeness (QED) is 0.774. The Hall–Kier alpha value is 0.0387. The van der Waals surface area contributed by atoms with E-state index in [4.69, 9.17) is 23.6 Å². The molecular formula is C14H16Cl2NSn. The SMILES string of the molecule is CC(N)c1cc2ccccc2cc1C[CH2][Sn]([Cl])[Cl]. The zero-order valence-corrected chi connectivity index (χ0v) is 14.7. The van der Waals surface area contributed by atoms with Crippen molar-refractivity contribution < 1.29 is 0 Å². The van der Waals surface area contributed by atoms with Crippen molar-refractivity contribution in [2.24, 2.45) is 5.73 Å². The van der Waals surface area contributed by atoms with Crippen LogP contribution in [0.15, 0.2) is 36.4 Å². The van der Waals surface area contributed by atoms with E-state index < -0.39 is 17.5 Å². The number of nitrogens with two attached hydrogens (primary N) is 1. The Labute approximate surface area is 122 Å². The number of fused-ring (bicyclic) bond motifs is 1. The summed E-state index contributed by atoms with van der Waals surface area (Å²) in [4.78, 5) is 0. The summed E-state index contributed by atoms with van der Waals surface area (Å²) < 4.78 is 0.948. The molecule has 95 valence electrons. The minimum atomic E-state index is -2.06. The van der Waals surface area contributed by atoms with Gasteiger partial charge in [-0.05, 0) is 0 Å². The molecule has 0 saturated heterocycles. The monoisotopic (exact) mass is 388 g/mol. The van der Waals surface area contributed by atoms with E-state index >= 15 is 0 Å². The molecule has 18 heavy (non-hydrogen) atoms. The Morgan fingerprint density at radius 1 is 1.17 bits per heavy atom.